The van der Waals surface area contributed by atoms with Crippen LogP contribution in [0.15, 0.2) is 12.4 Å². The smallest absolute Gasteiger partial charge is 0.410 e. The van der Waals surface area contributed by atoms with Crippen molar-refractivity contribution in [2.75, 3.05) is 27.8 Å². The number of rotatable bonds is 10. The molecule has 0 aliphatic carbocycles. The molecule has 1 aromatic heterocycles. The third-order valence-corrected chi connectivity index (χ3v) is 4.82. The highest BCUT2D eigenvalue weighted by atomic mass is 16.6. The predicted octanol–water partition coefficient (Wildman–Crippen LogP) is 2.84. The zero-order valence-corrected chi connectivity index (χ0v) is 21.2. The van der Waals surface area contributed by atoms with Crippen molar-refractivity contribution >= 4 is 18.0 Å². The Labute approximate surface area is 196 Å². The minimum atomic E-state index is -0.900. The van der Waals surface area contributed by atoms with Gasteiger partial charge in [-0.25, -0.2) is 14.6 Å². The van der Waals surface area contributed by atoms with Crippen LogP contribution in [0.5, 0.6) is 5.88 Å². The Kier molecular flexibility index (Phi) is 10.5. The van der Waals surface area contributed by atoms with Crippen molar-refractivity contribution in [2.24, 2.45) is 5.92 Å². The van der Waals surface area contributed by atoms with Crippen LogP contribution < -0.4 is 4.74 Å². The molecule has 0 spiro atoms. The lowest BCUT2D eigenvalue weighted by atomic mass is 10.0. The van der Waals surface area contributed by atoms with E-state index in [4.69, 9.17) is 14.2 Å². The van der Waals surface area contributed by atoms with E-state index in [1.165, 1.54) is 37.2 Å². The Balaban J connectivity index is 2.99. The molecule has 0 fully saturated rings. The molecule has 0 unspecified atom stereocenters. The number of amides is 2. The lowest BCUT2D eigenvalue weighted by molar-refractivity contribution is -0.154. The highest BCUT2D eigenvalue weighted by Crippen LogP contribution is 2.19. The lowest BCUT2D eigenvalue weighted by Crippen LogP contribution is -2.54. The van der Waals surface area contributed by atoms with Crippen LogP contribution in [0.2, 0.25) is 0 Å². The molecular weight excluding hydrogens is 428 g/mol. The number of ether oxygens (including phenoxy) is 3. The fraction of sp³-hybridized carbons (Fsp3) is 0.696. The monoisotopic (exact) mass is 466 g/mol. The van der Waals surface area contributed by atoms with Crippen LogP contribution >= 0.6 is 0 Å². The summed E-state index contributed by atoms with van der Waals surface area (Å²) in [5.41, 5.74) is 0.0541. The van der Waals surface area contributed by atoms with Crippen LogP contribution in [0.3, 0.4) is 0 Å². The largest absolute Gasteiger partial charge is 0.476 e. The van der Waals surface area contributed by atoms with E-state index in [2.05, 4.69) is 9.97 Å². The second kappa shape index (κ2) is 12.4. The normalized spacial score (nSPS) is 13.2. The second-order valence-corrected chi connectivity index (χ2v) is 9.36. The van der Waals surface area contributed by atoms with Crippen molar-refractivity contribution in [3.63, 3.8) is 0 Å². The second-order valence-electron chi connectivity index (χ2n) is 9.36. The van der Waals surface area contributed by atoms with E-state index < -0.39 is 29.7 Å². The van der Waals surface area contributed by atoms with Crippen LogP contribution in [-0.4, -0.2) is 83.2 Å². The van der Waals surface area contributed by atoms with Gasteiger partial charge in [0.1, 0.15) is 17.7 Å². The molecule has 0 bridgehead atoms. The Bertz CT molecular complexity index is 791. The summed E-state index contributed by atoms with van der Waals surface area (Å²) in [4.78, 5) is 49.4. The Hall–Kier alpha value is -2.91. The summed E-state index contributed by atoms with van der Waals surface area (Å²) in [5, 5.41) is 0. The molecule has 10 heteroatoms. The summed E-state index contributed by atoms with van der Waals surface area (Å²) in [6.07, 6.45) is 3.04. The predicted molar refractivity (Wildman–Crippen MR) is 123 cm³/mol. The van der Waals surface area contributed by atoms with Gasteiger partial charge in [-0.3, -0.25) is 14.7 Å². The minimum Gasteiger partial charge on any atom is -0.476 e. The van der Waals surface area contributed by atoms with E-state index in [1.807, 2.05) is 20.8 Å². The van der Waals surface area contributed by atoms with Crippen molar-refractivity contribution < 1.29 is 28.6 Å². The number of aromatic nitrogens is 2. The number of aryl methyl sites for hydroxylation is 1. The third-order valence-electron chi connectivity index (χ3n) is 4.82. The number of carbonyl (C=O) groups excluding carboxylic acids is 3. The summed E-state index contributed by atoms with van der Waals surface area (Å²) >= 11 is 0. The molecule has 186 valence electrons. The van der Waals surface area contributed by atoms with Gasteiger partial charge in [-0.1, -0.05) is 13.8 Å². The summed E-state index contributed by atoms with van der Waals surface area (Å²) < 4.78 is 15.9. The fourth-order valence-electron chi connectivity index (χ4n) is 3.06. The van der Waals surface area contributed by atoms with Gasteiger partial charge in [0.15, 0.2) is 0 Å². The molecule has 2 atom stereocenters. The average Bonchev–Trinajstić information content (AvgIpc) is 2.73. The van der Waals surface area contributed by atoms with Crippen molar-refractivity contribution in [1.29, 1.82) is 0 Å². The number of likely N-dealkylation sites (N-methyl/N-ethyl adjacent to an activating group) is 2. The molecule has 0 saturated carbocycles. The molecule has 0 saturated heterocycles. The number of carbonyl (C=O) groups is 3. The van der Waals surface area contributed by atoms with Gasteiger partial charge in [0.2, 0.25) is 11.8 Å². The highest BCUT2D eigenvalue weighted by Gasteiger charge is 2.37. The van der Waals surface area contributed by atoms with E-state index in [0.717, 1.165) is 5.69 Å². The van der Waals surface area contributed by atoms with Crippen LogP contribution in [-0.2, 0) is 19.1 Å². The standard InChI is InChI=1S/C23H38N4O6/c1-15(2)12-18(27(8)22(30)33-23(4,5)6)20(28)26(7)17(21(29)31-9)10-11-32-19-14-24-16(3)13-25-19/h13-15,17-18H,10-12H2,1-9H3/t17-,18+/m1/s1. The fourth-order valence-corrected chi connectivity index (χ4v) is 3.06. The number of hydrogen-bond donors (Lipinski definition) is 0. The van der Waals surface area contributed by atoms with E-state index >= 15 is 0 Å². The Morgan fingerprint density at radius 2 is 1.67 bits per heavy atom. The molecule has 1 aromatic rings. The van der Waals surface area contributed by atoms with Gasteiger partial charge in [0.05, 0.1) is 31.8 Å². The SMILES string of the molecule is COC(=O)[C@@H](CCOc1cnc(C)cn1)N(C)C(=O)[C@H](CC(C)C)N(C)C(=O)OC(C)(C)C. The first-order chi connectivity index (χ1) is 15.3. The lowest BCUT2D eigenvalue weighted by Gasteiger charge is -2.35. The molecule has 1 heterocycles. The molecule has 0 aliphatic heterocycles. The molecule has 0 aromatic carbocycles. The molecule has 2 amide bonds. The van der Waals surface area contributed by atoms with Gasteiger partial charge in [0, 0.05) is 20.5 Å². The molecule has 0 N–H and O–H groups in total. The van der Waals surface area contributed by atoms with Crippen molar-refractivity contribution in [1.82, 2.24) is 19.8 Å². The van der Waals surface area contributed by atoms with Gasteiger partial charge in [-0.2, -0.15) is 0 Å². The third kappa shape index (κ3) is 9.23. The molecule has 10 nitrogen and oxygen atoms in total. The van der Waals surface area contributed by atoms with Gasteiger partial charge >= 0.3 is 12.1 Å². The minimum absolute atomic E-state index is 0.117. The molecule has 0 aliphatic rings. The topological polar surface area (TPSA) is 111 Å². The molecule has 0 radical (unpaired) electrons. The maximum Gasteiger partial charge on any atom is 0.410 e. The van der Waals surface area contributed by atoms with Crippen LogP contribution in [0.1, 0.15) is 53.2 Å². The van der Waals surface area contributed by atoms with Crippen LogP contribution in [0.25, 0.3) is 0 Å². The first kappa shape index (κ1) is 28.1. The van der Waals surface area contributed by atoms with Crippen LogP contribution in [0.4, 0.5) is 4.79 Å². The van der Waals surface area contributed by atoms with E-state index in [9.17, 15) is 14.4 Å². The Morgan fingerprint density at radius 1 is 1.03 bits per heavy atom. The van der Waals surface area contributed by atoms with Crippen molar-refractivity contribution in [3.05, 3.63) is 18.1 Å². The average molecular weight is 467 g/mol. The van der Waals surface area contributed by atoms with Crippen molar-refractivity contribution in [2.45, 2.75) is 72.1 Å². The van der Waals surface area contributed by atoms with Gasteiger partial charge < -0.3 is 19.1 Å². The van der Waals surface area contributed by atoms with E-state index in [0.29, 0.717) is 12.3 Å². The molecule has 1 rings (SSSR count). The zero-order chi connectivity index (χ0) is 25.3. The Morgan fingerprint density at radius 3 is 2.15 bits per heavy atom. The van der Waals surface area contributed by atoms with Crippen molar-refractivity contribution in [3.8, 4) is 5.88 Å². The van der Waals surface area contributed by atoms with Crippen LogP contribution in [0, 0.1) is 12.8 Å². The number of nitrogens with zero attached hydrogens (tertiary/aromatic N) is 4. The summed E-state index contributed by atoms with van der Waals surface area (Å²) in [6.45, 7) is 11.1. The first-order valence-corrected chi connectivity index (χ1v) is 11.0. The van der Waals surface area contributed by atoms with E-state index in [-0.39, 0.29) is 24.9 Å². The summed E-state index contributed by atoms with van der Waals surface area (Å²) in [6, 6.07) is -1.71. The van der Waals surface area contributed by atoms with Gasteiger partial charge in [0.25, 0.3) is 0 Å². The number of methoxy groups -OCH3 is 1. The zero-order valence-electron chi connectivity index (χ0n) is 21.2. The van der Waals surface area contributed by atoms with Gasteiger partial charge in [-0.05, 0) is 40.0 Å². The quantitative estimate of drug-likeness (QED) is 0.484. The maximum absolute atomic E-state index is 13.4. The molecular formula is C23H38N4O6. The first-order valence-electron chi connectivity index (χ1n) is 11.0. The summed E-state index contributed by atoms with van der Waals surface area (Å²) in [7, 11) is 4.31. The molecule has 33 heavy (non-hydrogen) atoms. The number of esters is 1. The van der Waals surface area contributed by atoms with E-state index in [1.54, 1.807) is 27.0 Å². The summed E-state index contributed by atoms with van der Waals surface area (Å²) in [5.74, 6) is -0.520. The highest BCUT2D eigenvalue weighted by molar-refractivity contribution is 5.89. The van der Waals surface area contributed by atoms with Gasteiger partial charge in [-0.15, -0.1) is 0 Å². The maximum atomic E-state index is 13.4. The number of hydrogen-bond acceptors (Lipinski definition) is 8.